The number of aryl methyl sites for hydroxylation is 1. The van der Waals surface area contributed by atoms with Gasteiger partial charge in [0.05, 0.1) is 0 Å². The number of para-hydroxylation sites is 1. The SMILES string of the molecule is CCc1ccccc1OCC(=O)NC(C)(C(=O)O)c1ccc(F)cc1. The van der Waals surface area contributed by atoms with E-state index in [0.29, 0.717) is 5.75 Å². The molecule has 132 valence electrons. The first kappa shape index (κ1) is 18.4. The van der Waals surface area contributed by atoms with Crippen LogP contribution >= 0.6 is 0 Å². The van der Waals surface area contributed by atoms with E-state index in [-0.39, 0.29) is 12.2 Å². The van der Waals surface area contributed by atoms with Crippen molar-refractivity contribution in [1.29, 1.82) is 0 Å². The molecule has 2 N–H and O–H groups in total. The number of aliphatic carboxylic acids is 1. The van der Waals surface area contributed by atoms with Gasteiger partial charge in [-0.2, -0.15) is 0 Å². The minimum atomic E-state index is -1.68. The zero-order valence-electron chi connectivity index (χ0n) is 14.1. The monoisotopic (exact) mass is 345 g/mol. The summed E-state index contributed by atoms with van der Waals surface area (Å²) in [6.45, 7) is 3.00. The van der Waals surface area contributed by atoms with E-state index in [1.54, 1.807) is 12.1 Å². The largest absolute Gasteiger partial charge is 0.483 e. The number of nitrogens with one attached hydrogen (secondary N) is 1. The second-order valence-electron chi connectivity index (χ2n) is 5.74. The maximum absolute atomic E-state index is 13.1. The molecule has 0 aliphatic rings. The fraction of sp³-hybridized carbons (Fsp3) is 0.263. The van der Waals surface area contributed by atoms with Crippen LogP contribution in [0.2, 0.25) is 0 Å². The Balaban J connectivity index is 2.10. The first-order chi connectivity index (χ1) is 11.9. The van der Waals surface area contributed by atoms with Crippen molar-refractivity contribution in [1.82, 2.24) is 5.32 Å². The molecule has 0 spiro atoms. The Labute approximate surface area is 145 Å². The van der Waals surface area contributed by atoms with Crippen molar-refractivity contribution in [2.24, 2.45) is 0 Å². The van der Waals surface area contributed by atoms with Gasteiger partial charge in [-0.3, -0.25) is 4.79 Å². The number of benzene rings is 2. The van der Waals surface area contributed by atoms with Crippen molar-refractivity contribution in [3.8, 4) is 5.75 Å². The van der Waals surface area contributed by atoms with Crippen molar-refractivity contribution in [3.05, 3.63) is 65.5 Å². The Morgan fingerprint density at radius 2 is 1.80 bits per heavy atom. The van der Waals surface area contributed by atoms with E-state index in [0.717, 1.165) is 24.1 Å². The molecule has 1 amide bonds. The van der Waals surface area contributed by atoms with E-state index in [1.165, 1.54) is 19.1 Å². The number of hydrogen-bond acceptors (Lipinski definition) is 3. The molecule has 0 saturated heterocycles. The van der Waals surface area contributed by atoms with Crippen molar-refractivity contribution < 1.29 is 23.8 Å². The van der Waals surface area contributed by atoms with Gasteiger partial charge in [-0.15, -0.1) is 0 Å². The quantitative estimate of drug-likeness (QED) is 0.809. The summed E-state index contributed by atoms with van der Waals surface area (Å²) in [7, 11) is 0. The normalized spacial score (nSPS) is 12.9. The van der Waals surface area contributed by atoms with E-state index in [2.05, 4.69) is 5.32 Å². The molecule has 0 aliphatic heterocycles. The van der Waals surface area contributed by atoms with Crippen molar-refractivity contribution >= 4 is 11.9 Å². The van der Waals surface area contributed by atoms with Crippen LogP contribution in [-0.2, 0) is 21.5 Å². The average molecular weight is 345 g/mol. The van der Waals surface area contributed by atoms with E-state index in [4.69, 9.17) is 4.74 Å². The lowest BCUT2D eigenvalue weighted by atomic mass is 9.92. The van der Waals surface area contributed by atoms with Crippen LogP contribution in [-0.4, -0.2) is 23.6 Å². The molecule has 0 saturated carbocycles. The summed E-state index contributed by atoms with van der Waals surface area (Å²) in [5.41, 5.74) is -0.461. The fourth-order valence-corrected chi connectivity index (χ4v) is 2.43. The molecule has 2 aromatic carbocycles. The zero-order valence-corrected chi connectivity index (χ0v) is 14.1. The standard InChI is InChI=1S/C19H20FNO4/c1-3-13-6-4-5-7-16(13)25-12-17(22)21-19(2,18(23)24)14-8-10-15(20)11-9-14/h4-11H,3,12H2,1-2H3,(H,21,22)(H,23,24). The highest BCUT2D eigenvalue weighted by molar-refractivity contribution is 5.88. The van der Waals surface area contributed by atoms with Gasteiger partial charge in [-0.05, 0) is 42.7 Å². The number of amides is 1. The predicted octanol–water partition coefficient (Wildman–Crippen LogP) is 2.88. The summed E-state index contributed by atoms with van der Waals surface area (Å²) >= 11 is 0. The topological polar surface area (TPSA) is 75.6 Å². The minimum absolute atomic E-state index is 0.267. The third-order valence-corrected chi connectivity index (χ3v) is 3.95. The van der Waals surface area contributed by atoms with Crippen LogP contribution in [0.4, 0.5) is 4.39 Å². The summed E-state index contributed by atoms with van der Waals surface area (Å²) in [4.78, 5) is 23.9. The minimum Gasteiger partial charge on any atom is -0.483 e. The molecule has 0 radical (unpaired) electrons. The number of carboxylic acid groups (broad SMARTS) is 1. The predicted molar refractivity (Wildman–Crippen MR) is 90.8 cm³/mol. The number of rotatable bonds is 7. The molecule has 0 bridgehead atoms. The van der Waals surface area contributed by atoms with E-state index < -0.39 is 23.2 Å². The molecule has 25 heavy (non-hydrogen) atoms. The first-order valence-corrected chi connectivity index (χ1v) is 7.88. The van der Waals surface area contributed by atoms with Gasteiger partial charge in [0, 0.05) is 0 Å². The Kier molecular flexibility index (Phi) is 5.75. The molecule has 1 atom stereocenters. The van der Waals surface area contributed by atoms with Gasteiger partial charge >= 0.3 is 5.97 Å². The van der Waals surface area contributed by atoms with Gasteiger partial charge in [0.15, 0.2) is 12.1 Å². The molecule has 0 aromatic heterocycles. The average Bonchev–Trinajstić information content (AvgIpc) is 2.60. The second-order valence-corrected chi connectivity index (χ2v) is 5.74. The van der Waals surface area contributed by atoms with Crippen molar-refractivity contribution in [3.63, 3.8) is 0 Å². The van der Waals surface area contributed by atoms with E-state index in [9.17, 15) is 19.1 Å². The van der Waals surface area contributed by atoms with Crippen LogP contribution in [0.15, 0.2) is 48.5 Å². The summed E-state index contributed by atoms with van der Waals surface area (Å²) in [5, 5.41) is 12.0. The molecule has 5 nitrogen and oxygen atoms in total. The molecule has 0 heterocycles. The lowest BCUT2D eigenvalue weighted by Crippen LogP contribution is -2.51. The highest BCUT2D eigenvalue weighted by atomic mass is 19.1. The van der Waals surface area contributed by atoms with Crippen molar-refractivity contribution in [2.45, 2.75) is 25.8 Å². The summed E-state index contributed by atoms with van der Waals surface area (Å²) in [6.07, 6.45) is 0.750. The Morgan fingerprint density at radius 1 is 1.16 bits per heavy atom. The van der Waals surface area contributed by atoms with Gasteiger partial charge in [0.2, 0.25) is 0 Å². The lowest BCUT2D eigenvalue weighted by Gasteiger charge is -2.27. The van der Waals surface area contributed by atoms with Crippen LogP contribution in [0.3, 0.4) is 0 Å². The van der Waals surface area contributed by atoms with Gasteiger partial charge in [0.1, 0.15) is 11.6 Å². The molecular formula is C19H20FNO4. The van der Waals surface area contributed by atoms with Gasteiger partial charge in [-0.1, -0.05) is 37.3 Å². The maximum atomic E-state index is 13.1. The van der Waals surface area contributed by atoms with Gasteiger partial charge in [0.25, 0.3) is 5.91 Å². The number of ether oxygens (including phenoxy) is 1. The number of carboxylic acids is 1. The van der Waals surface area contributed by atoms with Gasteiger partial charge in [-0.25, -0.2) is 9.18 Å². The molecule has 6 heteroatoms. The third-order valence-electron chi connectivity index (χ3n) is 3.95. The Bertz CT molecular complexity index is 760. The molecule has 0 fully saturated rings. The number of carbonyl (C=O) groups excluding carboxylic acids is 1. The summed E-state index contributed by atoms with van der Waals surface area (Å²) in [6, 6.07) is 12.3. The third kappa shape index (κ3) is 4.35. The molecule has 2 rings (SSSR count). The number of hydrogen-bond donors (Lipinski definition) is 2. The number of halogens is 1. The van der Waals surface area contributed by atoms with Crippen LogP contribution in [0.5, 0.6) is 5.75 Å². The van der Waals surface area contributed by atoms with Crippen LogP contribution < -0.4 is 10.1 Å². The number of carbonyl (C=O) groups is 2. The van der Waals surface area contributed by atoms with E-state index in [1.807, 2.05) is 19.1 Å². The Morgan fingerprint density at radius 3 is 2.40 bits per heavy atom. The van der Waals surface area contributed by atoms with Gasteiger partial charge < -0.3 is 15.2 Å². The molecular weight excluding hydrogens is 325 g/mol. The fourth-order valence-electron chi connectivity index (χ4n) is 2.43. The summed E-state index contributed by atoms with van der Waals surface area (Å²) in [5.74, 6) is -1.73. The van der Waals surface area contributed by atoms with Crippen LogP contribution in [0.25, 0.3) is 0 Å². The molecule has 1 unspecified atom stereocenters. The van der Waals surface area contributed by atoms with Crippen molar-refractivity contribution in [2.75, 3.05) is 6.61 Å². The highest BCUT2D eigenvalue weighted by Gasteiger charge is 2.37. The van der Waals surface area contributed by atoms with Crippen LogP contribution in [0, 0.1) is 5.82 Å². The maximum Gasteiger partial charge on any atom is 0.333 e. The highest BCUT2D eigenvalue weighted by Crippen LogP contribution is 2.22. The first-order valence-electron chi connectivity index (χ1n) is 7.88. The van der Waals surface area contributed by atoms with E-state index >= 15 is 0 Å². The smallest absolute Gasteiger partial charge is 0.333 e. The van der Waals surface area contributed by atoms with Crippen LogP contribution in [0.1, 0.15) is 25.0 Å². The molecule has 0 aliphatic carbocycles. The Hall–Kier alpha value is -2.89. The zero-order chi connectivity index (χ0) is 18.4. The lowest BCUT2D eigenvalue weighted by molar-refractivity contribution is -0.147. The molecule has 2 aromatic rings. The summed E-state index contributed by atoms with van der Waals surface area (Å²) < 4.78 is 18.6. The second kappa shape index (κ2) is 7.79.